The van der Waals surface area contributed by atoms with Crippen LogP contribution in [0.3, 0.4) is 0 Å². The lowest BCUT2D eigenvalue weighted by atomic mass is 9.99. The van der Waals surface area contributed by atoms with Crippen LogP contribution in [-0.4, -0.2) is 17.8 Å². The molecule has 0 aliphatic heterocycles. The Labute approximate surface area is 91.3 Å². The molecule has 0 fully saturated rings. The summed E-state index contributed by atoms with van der Waals surface area (Å²) in [7, 11) is 0. The van der Waals surface area contributed by atoms with Crippen LogP contribution in [0.5, 0.6) is 0 Å². The Balaban J connectivity index is 3.27. The summed E-state index contributed by atoms with van der Waals surface area (Å²) in [6.07, 6.45) is -2.85. The number of hydrogen-bond donors (Lipinski definition) is 1. The zero-order valence-electron chi connectivity index (χ0n) is 6.61. The van der Waals surface area contributed by atoms with Gasteiger partial charge in [0.2, 0.25) is 0 Å². The lowest BCUT2D eigenvalue weighted by Crippen LogP contribution is -2.18. The second-order valence-electron chi connectivity index (χ2n) is 2.49. The molecule has 0 unspecified atom stereocenters. The van der Waals surface area contributed by atoms with Crippen molar-refractivity contribution in [1.29, 1.82) is 5.41 Å². The predicted octanol–water partition coefficient (Wildman–Crippen LogP) is 2.99. The molecule has 0 amide bonds. The molecule has 1 rings (SSSR count). The van der Waals surface area contributed by atoms with Crippen molar-refractivity contribution in [3.8, 4) is 0 Å². The molecule has 14 heavy (non-hydrogen) atoms. The number of rotatable bonds is 0. The van der Waals surface area contributed by atoms with Gasteiger partial charge in [0.05, 0.1) is 11.3 Å². The Morgan fingerprint density at radius 1 is 1.36 bits per heavy atom. The predicted molar refractivity (Wildman–Crippen MR) is 55.8 cm³/mol. The Kier molecular flexibility index (Phi) is 2.96. The molecule has 0 aromatic carbocycles. The van der Waals surface area contributed by atoms with Gasteiger partial charge < -0.3 is 5.41 Å². The summed E-state index contributed by atoms with van der Waals surface area (Å²) in [4.78, 5) is 0. The second kappa shape index (κ2) is 3.70. The molecule has 0 aromatic heterocycles. The summed E-state index contributed by atoms with van der Waals surface area (Å²) >= 11 is 1.71. The van der Waals surface area contributed by atoms with Gasteiger partial charge in [0.15, 0.2) is 0 Å². The highest BCUT2D eigenvalue weighted by Crippen LogP contribution is 2.35. The first-order valence-corrected chi connectivity index (χ1v) is 4.46. The fraction of sp³-hybridized carbons (Fsp3) is 0.125. The molecule has 0 aromatic rings. The van der Waals surface area contributed by atoms with Gasteiger partial charge in [-0.05, 0) is 34.7 Å². The van der Waals surface area contributed by atoms with E-state index in [4.69, 9.17) is 10.8 Å². The van der Waals surface area contributed by atoms with E-state index in [1.165, 1.54) is 5.87 Å². The second-order valence-corrected chi connectivity index (χ2v) is 3.65. The summed E-state index contributed by atoms with van der Waals surface area (Å²) in [6, 6.07) is 0. The van der Waals surface area contributed by atoms with E-state index in [1.54, 1.807) is 22.6 Å². The summed E-state index contributed by atoms with van der Waals surface area (Å²) < 4.78 is 37.3. The van der Waals surface area contributed by atoms with Crippen LogP contribution in [0.4, 0.5) is 13.2 Å². The first-order chi connectivity index (χ1) is 6.36. The largest absolute Gasteiger partial charge is 0.763 e. The van der Waals surface area contributed by atoms with Gasteiger partial charge in [-0.15, -0.1) is 0 Å². The summed E-state index contributed by atoms with van der Waals surface area (Å²) in [6.45, 7) is 0. The van der Waals surface area contributed by atoms with Crippen LogP contribution in [0.15, 0.2) is 26.9 Å². The quantitative estimate of drug-likeness (QED) is 0.528. The van der Waals surface area contributed by atoms with E-state index in [-0.39, 0.29) is 5.71 Å². The molecule has 1 aliphatic carbocycles. The van der Waals surface area contributed by atoms with E-state index in [2.05, 4.69) is 0 Å². The van der Waals surface area contributed by atoms with Gasteiger partial charge in [-0.3, -0.25) is 11.3 Å². The van der Waals surface area contributed by atoms with Crippen molar-refractivity contribution in [3.63, 3.8) is 0 Å². The average Bonchev–Trinajstić information content (AvgIpc) is 2.07. The molecule has 0 radical (unpaired) electrons. The molecule has 6 heteroatoms. The summed E-state index contributed by atoms with van der Waals surface area (Å²) in [5.74, 6) is 1.46. The summed E-state index contributed by atoms with van der Waals surface area (Å²) in [5, 5.41) is 15.7. The normalized spacial score (nSPS) is 17.4. The average molecular weight is 311 g/mol. The third kappa shape index (κ3) is 2.13. The number of nitrogens with zero attached hydrogens (tertiary/aromatic N) is 1. The van der Waals surface area contributed by atoms with Crippen LogP contribution in [-0.2, 0) is 0 Å². The van der Waals surface area contributed by atoms with E-state index in [9.17, 15) is 13.2 Å². The molecule has 0 atom stereocenters. The van der Waals surface area contributed by atoms with Crippen LogP contribution in [0, 0.1) is 5.41 Å². The molecule has 74 valence electrons. The highest BCUT2D eigenvalue weighted by molar-refractivity contribution is 14.1. The van der Waals surface area contributed by atoms with Crippen LogP contribution < -0.4 is 0 Å². The minimum absolute atomic E-state index is 0.225. The zero-order chi connectivity index (χ0) is 10.9. The number of halogens is 4. The molecule has 0 heterocycles. The van der Waals surface area contributed by atoms with E-state index in [0.29, 0.717) is 9.66 Å². The van der Waals surface area contributed by atoms with Gasteiger partial charge in [0.25, 0.3) is 0 Å². The maximum absolute atomic E-state index is 12.3. The Hall–Kier alpha value is -0.880. The maximum atomic E-state index is 12.3. The van der Waals surface area contributed by atoms with Gasteiger partial charge in [-0.2, -0.15) is 13.2 Å². The number of hydrogen-bond acceptors (Lipinski definition) is 1. The van der Waals surface area contributed by atoms with E-state index >= 15 is 0 Å². The van der Waals surface area contributed by atoms with E-state index in [0.717, 1.165) is 6.08 Å². The fourth-order valence-corrected chi connectivity index (χ4v) is 1.37. The van der Waals surface area contributed by atoms with Gasteiger partial charge in [0.1, 0.15) is 0 Å². The molecular weight excluding hydrogens is 308 g/mol. The molecule has 0 bridgehead atoms. The molecule has 0 spiro atoms. The minimum atomic E-state index is -4.58. The van der Waals surface area contributed by atoms with Crippen LogP contribution in [0.1, 0.15) is 0 Å². The van der Waals surface area contributed by atoms with Crippen LogP contribution in [0.25, 0.3) is 5.41 Å². The molecule has 0 saturated carbocycles. The number of allylic oxidation sites excluding steroid dienone is 5. The molecular formula is C8H3F3IN2-. The van der Waals surface area contributed by atoms with Crippen LogP contribution >= 0.6 is 22.6 Å². The Morgan fingerprint density at radius 3 is 2.36 bits per heavy atom. The third-order valence-corrected chi connectivity index (χ3v) is 2.43. The highest BCUT2D eigenvalue weighted by atomic mass is 127. The number of nitrogens with one attached hydrogen (secondary N) is 1. The Bertz CT molecular complexity index is 397. The minimum Gasteiger partial charge on any atom is -0.763 e. The van der Waals surface area contributed by atoms with Gasteiger partial charge in [0, 0.05) is 9.15 Å². The standard InChI is InChI=1S/C8H3F3IN2/c9-8(10,11)5-2-7(14)6(12)1-4(5)3-13/h1-2,14H/q-1. The Morgan fingerprint density at radius 2 is 1.93 bits per heavy atom. The molecule has 1 N–H and O–H groups in total. The van der Waals surface area contributed by atoms with E-state index < -0.39 is 17.3 Å². The first-order valence-electron chi connectivity index (χ1n) is 3.38. The first kappa shape index (κ1) is 11.2. The van der Waals surface area contributed by atoms with Gasteiger partial charge in [-0.25, -0.2) is 0 Å². The van der Waals surface area contributed by atoms with E-state index in [1.807, 2.05) is 0 Å². The fourth-order valence-electron chi connectivity index (χ4n) is 0.900. The van der Waals surface area contributed by atoms with Gasteiger partial charge in [-0.1, -0.05) is 0 Å². The lowest BCUT2D eigenvalue weighted by Gasteiger charge is -2.16. The van der Waals surface area contributed by atoms with Crippen molar-refractivity contribution < 1.29 is 13.2 Å². The highest BCUT2D eigenvalue weighted by Gasteiger charge is 2.36. The van der Waals surface area contributed by atoms with Crippen molar-refractivity contribution in [2.24, 2.45) is 0 Å². The molecule has 2 nitrogen and oxygen atoms in total. The SMILES string of the molecule is [N-]=C=C1C=C(I)C(=N)C=C1C(F)(F)F. The van der Waals surface area contributed by atoms with Gasteiger partial charge >= 0.3 is 6.18 Å². The summed E-state index contributed by atoms with van der Waals surface area (Å²) in [5.41, 5.74) is -1.72. The topological polar surface area (TPSA) is 46.2 Å². The van der Waals surface area contributed by atoms with Crippen molar-refractivity contribution >= 4 is 34.2 Å². The van der Waals surface area contributed by atoms with Crippen molar-refractivity contribution in [2.75, 3.05) is 0 Å². The van der Waals surface area contributed by atoms with Crippen molar-refractivity contribution in [2.45, 2.75) is 6.18 Å². The van der Waals surface area contributed by atoms with Crippen molar-refractivity contribution in [3.05, 3.63) is 32.3 Å². The van der Waals surface area contributed by atoms with Crippen molar-refractivity contribution in [1.82, 2.24) is 0 Å². The molecule has 0 saturated heterocycles. The smallest absolute Gasteiger partial charge is 0.417 e. The number of alkyl halides is 3. The molecule has 1 aliphatic rings. The van der Waals surface area contributed by atoms with Crippen LogP contribution in [0.2, 0.25) is 0 Å². The monoisotopic (exact) mass is 311 g/mol. The maximum Gasteiger partial charge on any atom is 0.417 e. The zero-order valence-corrected chi connectivity index (χ0v) is 8.77. The lowest BCUT2D eigenvalue weighted by molar-refractivity contribution is -0.0888. The third-order valence-electron chi connectivity index (χ3n) is 1.53.